The van der Waals surface area contributed by atoms with Crippen LogP contribution in [0.15, 0.2) is 53.1 Å². The van der Waals surface area contributed by atoms with E-state index in [9.17, 15) is 14.7 Å². The number of furan rings is 1. The van der Waals surface area contributed by atoms with E-state index in [1.165, 1.54) is 6.26 Å². The standard InChI is InChI=1S/C19H16O4/c1-11-15(12(2)19(21)22)10-14-8-9-23-18(14)16(11)17(20)13-6-4-3-5-7-13/h3-10,12H,1-2H3,(H,21,22). The number of carboxylic acids is 1. The summed E-state index contributed by atoms with van der Waals surface area (Å²) < 4.78 is 5.50. The summed E-state index contributed by atoms with van der Waals surface area (Å²) in [4.78, 5) is 24.3. The Morgan fingerprint density at radius 2 is 1.83 bits per heavy atom. The van der Waals surface area contributed by atoms with E-state index >= 15 is 0 Å². The third-order valence-corrected chi connectivity index (χ3v) is 4.14. The Labute approximate surface area is 133 Å². The Morgan fingerprint density at radius 3 is 2.48 bits per heavy atom. The van der Waals surface area contributed by atoms with Gasteiger partial charge in [-0.2, -0.15) is 0 Å². The first kappa shape index (κ1) is 15.0. The molecule has 0 amide bonds. The van der Waals surface area contributed by atoms with Gasteiger partial charge in [-0.05, 0) is 37.1 Å². The summed E-state index contributed by atoms with van der Waals surface area (Å²) in [6, 6.07) is 12.4. The molecule has 0 radical (unpaired) electrons. The number of hydrogen-bond acceptors (Lipinski definition) is 3. The molecule has 0 aliphatic heterocycles. The molecule has 0 aliphatic carbocycles. The van der Waals surface area contributed by atoms with Gasteiger partial charge in [-0.25, -0.2) is 0 Å². The molecule has 23 heavy (non-hydrogen) atoms. The number of carboxylic acid groups (broad SMARTS) is 1. The van der Waals surface area contributed by atoms with Gasteiger partial charge in [-0.15, -0.1) is 0 Å². The summed E-state index contributed by atoms with van der Waals surface area (Å²) in [5.41, 5.74) is 2.76. The van der Waals surface area contributed by atoms with Crippen molar-refractivity contribution in [2.75, 3.05) is 0 Å². The highest BCUT2D eigenvalue weighted by Crippen LogP contribution is 2.32. The van der Waals surface area contributed by atoms with E-state index in [0.717, 1.165) is 5.39 Å². The molecule has 1 N–H and O–H groups in total. The topological polar surface area (TPSA) is 67.5 Å². The Morgan fingerprint density at radius 1 is 1.13 bits per heavy atom. The summed E-state index contributed by atoms with van der Waals surface area (Å²) in [5.74, 6) is -1.78. The summed E-state index contributed by atoms with van der Waals surface area (Å²) in [6.45, 7) is 3.39. The van der Waals surface area contributed by atoms with Gasteiger partial charge in [0.05, 0.1) is 17.7 Å². The second-order valence-electron chi connectivity index (χ2n) is 5.56. The second kappa shape index (κ2) is 5.72. The molecular weight excluding hydrogens is 292 g/mol. The van der Waals surface area contributed by atoms with Crippen LogP contribution in [0.1, 0.15) is 39.9 Å². The van der Waals surface area contributed by atoms with Crippen LogP contribution in [-0.4, -0.2) is 16.9 Å². The third-order valence-electron chi connectivity index (χ3n) is 4.14. The molecule has 4 heteroatoms. The van der Waals surface area contributed by atoms with Gasteiger partial charge in [-0.1, -0.05) is 30.3 Å². The van der Waals surface area contributed by atoms with Gasteiger partial charge >= 0.3 is 5.97 Å². The molecule has 3 rings (SSSR count). The van der Waals surface area contributed by atoms with Gasteiger partial charge in [0.2, 0.25) is 0 Å². The molecule has 0 saturated heterocycles. The van der Waals surface area contributed by atoms with E-state index < -0.39 is 11.9 Å². The molecule has 1 heterocycles. The van der Waals surface area contributed by atoms with Crippen molar-refractivity contribution in [2.24, 2.45) is 0 Å². The number of carbonyl (C=O) groups excluding carboxylic acids is 1. The number of carbonyl (C=O) groups is 2. The van der Waals surface area contributed by atoms with Crippen molar-refractivity contribution in [3.05, 3.63) is 71.0 Å². The Kier molecular flexibility index (Phi) is 3.74. The Bertz CT molecular complexity index is 890. The SMILES string of the molecule is Cc1c(C(C)C(=O)O)cc2ccoc2c1C(=O)c1ccccc1. The zero-order valence-corrected chi connectivity index (χ0v) is 12.9. The lowest BCUT2D eigenvalue weighted by Gasteiger charge is -2.15. The Balaban J connectivity index is 2.27. The number of rotatable bonds is 4. The minimum Gasteiger partial charge on any atom is -0.481 e. The molecule has 2 aromatic carbocycles. The van der Waals surface area contributed by atoms with Gasteiger partial charge in [-0.3, -0.25) is 9.59 Å². The van der Waals surface area contributed by atoms with Crippen LogP contribution < -0.4 is 0 Å². The van der Waals surface area contributed by atoms with Gasteiger partial charge in [0, 0.05) is 10.9 Å². The van der Waals surface area contributed by atoms with Gasteiger partial charge in [0.25, 0.3) is 0 Å². The highest BCUT2D eigenvalue weighted by atomic mass is 16.4. The lowest BCUT2D eigenvalue weighted by atomic mass is 9.88. The maximum atomic E-state index is 12.9. The molecule has 0 bridgehead atoms. The molecular formula is C19H16O4. The van der Waals surface area contributed by atoms with Crippen molar-refractivity contribution < 1.29 is 19.1 Å². The molecule has 0 aliphatic rings. The largest absolute Gasteiger partial charge is 0.481 e. The van der Waals surface area contributed by atoms with E-state index in [-0.39, 0.29) is 5.78 Å². The normalized spacial score (nSPS) is 12.3. The first-order valence-corrected chi connectivity index (χ1v) is 7.34. The first-order valence-electron chi connectivity index (χ1n) is 7.34. The number of ketones is 1. The summed E-state index contributed by atoms with van der Waals surface area (Å²) in [6.07, 6.45) is 1.51. The van der Waals surface area contributed by atoms with E-state index in [4.69, 9.17) is 4.42 Å². The smallest absolute Gasteiger partial charge is 0.310 e. The maximum absolute atomic E-state index is 12.9. The molecule has 0 spiro atoms. The van der Waals surface area contributed by atoms with Gasteiger partial charge in [0.1, 0.15) is 5.58 Å². The quantitative estimate of drug-likeness (QED) is 0.735. The molecule has 116 valence electrons. The van der Waals surface area contributed by atoms with Crippen LogP contribution in [0.3, 0.4) is 0 Å². The minimum absolute atomic E-state index is 0.164. The molecule has 0 saturated carbocycles. The second-order valence-corrected chi connectivity index (χ2v) is 5.56. The lowest BCUT2D eigenvalue weighted by molar-refractivity contribution is -0.138. The van der Waals surface area contributed by atoms with Crippen LogP contribution in [0.4, 0.5) is 0 Å². The summed E-state index contributed by atoms with van der Waals surface area (Å²) >= 11 is 0. The number of hydrogen-bond donors (Lipinski definition) is 1. The monoisotopic (exact) mass is 308 g/mol. The van der Waals surface area contributed by atoms with E-state index in [1.807, 2.05) is 6.07 Å². The molecule has 1 atom stereocenters. The fraction of sp³-hybridized carbons (Fsp3) is 0.158. The van der Waals surface area contributed by atoms with Crippen molar-refractivity contribution >= 4 is 22.7 Å². The number of fused-ring (bicyclic) bond motifs is 1. The minimum atomic E-state index is -0.922. The van der Waals surface area contributed by atoms with E-state index in [0.29, 0.717) is 27.8 Å². The average molecular weight is 308 g/mol. The molecule has 4 nitrogen and oxygen atoms in total. The van der Waals surface area contributed by atoms with Crippen molar-refractivity contribution in [3.63, 3.8) is 0 Å². The highest BCUT2D eigenvalue weighted by molar-refractivity contribution is 6.16. The number of aliphatic carboxylic acids is 1. The van der Waals surface area contributed by atoms with Crippen LogP contribution in [0.2, 0.25) is 0 Å². The zero-order valence-electron chi connectivity index (χ0n) is 12.9. The summed E-state index contributed by atoms with van der Waals surface area (Å²) in [5, 5.41) is 10.1. The first-order chi connectivity index (χ1) is 11.0. The van der Waals surface area contributed by atoms with E-state index in [2.05, 4.69) is 0 Å². The summed E-state index contributed by atoms with van der Waals surface area (Å²) in [7, 11) is 0. The highest BCUT2D eigenvalue weighted by Gasteiger charge is 2.24. The van der Waals surface area contributed by atoms with Crippen molar-refractivity contribution in [2.45, 2.75) is 19.8 Å². The zero-order chi connectivity index (χ0) is 16.6. The number of benzene rings is 2. The fourth-order valence-electron chi connectivity index (χ4n) is 2.82. The van der Waals surface area contributed by atoms with Crippen molar-refractivity contribution in [1.29, 1.82) is 0 Å². The maximum Gasteiger partial charge on any atom is 0.310 e. The predicted molar refractivity (Wildman–Crippen MR) is 86.9 cm³/mol. The van der Waals surface area contributed by atoms with Gasteiger partial charge < -0.3 is 9.52 Å². The van der Waals surface area contributed by atoms with Crippen LogP contribution in [0.25, 0.3) is 11.0 Å². The molecule has 3 aromatic rings. The average Bonchev–Trinajstić information content (AvgIpc) is 3.01. The van der Waals surface area contributed by atoms with Crippen LogP contribution in [-0.2, 0) is 4.79 Å². The molecule has 1 aromatic heterocycles. The van der Waals surface area contributed by atoms with Crippen LogP contribution in [0.5, 0.6) is 0 Å². The third kappa shape index (κ3) is 2.52. The molecule has 0 fully saturated rings. The van der Waals surface area contributed by atoms with Gasteiger partial charge in [0.15, 0.2) is 5.78 Å². The van der Waals surface area contributed by atoms with Crippen molar-refractivity contribution in [1.82, 2.24) is 0 Å². The lowest BCUT2D eigenvalue weighted by Crippen LogP contribution is -2.12. The van der Waals surface area contributed by atoms with Crippen LogP contribution in [0, 0.1) is 6.92 Å². The fourth-order valence-corrected chi connectivity index (χ4v) is 2.82. The Hall–Kier alpha value is -2.88. The predicted octanol–water partition coefficient (Wildman–Crippen LogP) is 4.16. The molecule has 1 unspecified atom stereocenters. The van der Waals surface area contributed by atoms with E-state index in [1.54, 1.807) is 50.2 Å². The van der Waals surface area contributed by atoms with Crippen molar-refractivity contribution in [3.8, 4) is 0 Å². The van der Waals surface area contributed by atoms with Crippen LogP contribution >= 0.6 is 0 Å².